The molecule has 1 aromatic carbocycles. The van der Waals surface area contributed by atoms with Gasteiger partial charge in [0.15, 0.2) is 0 Å². The van der Waals surface area contributed by atoms with E-state index in [1.54, 1.807) is 0 Å². The van der Waals surface area contributed by atoms with Gasteiger partial charge in [-0.2, -0.15) is 0 Å². The molecule has 0 unspecified atom stereocenters. The Kier molecular flexibility index (Phi) is 7.35. The summed E-state index contributed by atoms with van der Waals surface area (Å²) in [6.45, 7) is 7.53. The van der Waals surface area contributed by atoms with Crippen LogP contribution in [0.2, 0.25) is 0 Å². The molecule has 0 spiro atoms. The summed E-state index contributed by atoms with van der Waals surface area (Å²) >= 11 is 0. The molecular weight excluding hydrogens is 246 g/mol. The Labute approximate surface area is 124 Å². The van der Waals surface area contributed by atoms with Gasteiger partial charge in [-0.25, -0.2) is 0 Å². The highest BCUT2D eigenvalue weighted by Gasteiger charge is 2.13. The molecule has 0 fully saturated rings. The highest BCUT2D eigenvalue weighted by molar-refractivity contribution is 5.75. The first kappa shape index (κ1) is 16.7. The van der Waals surface area contributed by atoms with Crippen LogP contribution >= 0.6 is 0 Å². The largest absolute Gasteiger partial charge is 0.352 e. The molecule has 0 saturated heterocycles. The van der Waals surface area contributed by atoms with Crippen LogP contribution in [0.15, 0.2) is 30.3 Å². The van der Waals surface area contributed by atoms with Crippen molar-refractivity contribution in [3.63, 3.8) is 0 Å². The second kappa shape index (κ2) is 8.78. The monoisotopic (exact) mass is 275 g/mol. The minimum Gasteiger partial charge on any atom is -0.352 e. The Morgan fingerprint density at radius 2 is 1.80 bits per heavy atom. The molecule has 1 amide bonds. The summed E-state index contributed by atoms with van der Waals surface area (Å²) in [4.78, 5) is 11.7. The lowest BCUT2D eigenvalue weighted by molar-refractivity contribution is -0.121. The van der Waals surface area contributed by atoms with Crippen LogP contribution in [0.3, 0.4) is 0 Å². The summed E-state index contributed by atoms with van der Waals surface area (Å²) in [6, 6.07) is 10.1. The van der Waals surface area contributed by atoms with Crippen molar-refractivity contribution in [1.29, 1.82) is 0 Å². The van der Waals surface area contributed by atoms with E-state index in [1.807, 2.05) is 30.3 Å². The predicted octanol–water partition coefficient (Wildman–Crippen LogP) is 4.69. The minimum absolute atomic E-state index is 0.170. The van der Waals surface area contributed by atoms with Gasteiger partial charge in [0.2, 0.25) is 5.91 Å². The van der Waals surface area contributed by atoms with Crippen molar-refractivity contribution in [2.45, 2.75) is 65.8 Å². The van der Waals surface area contributed by atoms with E-state index in [0.717, 1.165) is 18.4 Å². The molecule has 20 heavy (non-hydrogen) atoms. The first-order valence-corrected chi connectivity index (χ1v) is 7.84. The highest BCUT2D eigenvalue weighted by Crippen LogP contribution is 2.27. The Morgan fingerprint density at radius 3 is 2.45 bits per heavy atom. The zero-order chi connectivity index (χ0) is 14.8. The Hall–Kier alpha value is -1.31. The molecule has 0 aromatic heterocycles. The van der Waals surface area contributed by atoms with E-state index < -0.39 is 0 Å². The molecule has 0 atom stereocenters. The summed E-state index contributed by atoms with van der Waals surface area (Å²) < 4.78 is 0. The fourth-order valence-electron chi connectivity index (χ4n) is 2.13. The lowest BCUT2D eigenvalue weighted by atomic mass is 9.84. The highest BCUT2D eigenvalue weighted by atomic mass is 16.1. The van der Waals surface area contributed by atoms with Crippen LogP contribution in [-0.2, 0) is 11.3 Å². The third kappa shape index (κ3) is 7.32. The average Bonchev–Trinajstić information content (AvgIpc) is 2.46. The van der Waals surface area contributed by atoms with Gasteiger partial charge < -0.3 is 5.32 Å². The van der Waals surface area contributed by atoms with Crippen molar-refractivity contribution in [1.82, 2.24) is 5.32 Å². The van der Waals surface area contributed by atoms with Crippen LogP contribution in [0, 0.1) is 5.41 Å². The van der Waals surface area contributed by atoms with E-state index in [9.17, 15) is 4.79 Å². The van der Waals surface area contributed by atoms with Crippen LogP contribution in [0.5, 0.6) is 0 Å². The van der Waals surface area contributed by atoms with E-state index in [2.05, 4.69) is 26.1 Å². The van der Waals surface area contributed by atoms with Gasteiger partial charge in [-0.05, 0) is 23.8 Å². The van der Waals surface area contributed by atoms with E-state index in [4.69, 9.17) is 0 Å². The van der Waals surface area contributed by atoms with E-state index >= 15 is 0 Å². The number of unbranched alkanes of at least 4 members (excludes halogenated alkanes) is 2. The smallest absolute Gasteiger partial charge is 0.220 e. The Bertz CT molecular complexity index is 384. The summed E-state index contributed by atoms with van der Waals surface area (Å²) in [5.74, 6) is 0.170. The SMILES string of the molecule is CCC(C)(C)CCCCCC(=O)NCc1ccccc1. The van der Waals surface area contributed by atoms with E-state index in [-0.39, 0.29) is 5.91 Å². The Morgan fingerprint density at radius 1 is 1.10 bits per heavy atom. The lowest BCUT2D eigenvalue weighted by Gasteiger charge is -2.22. The average molecular weight is 275 g/mol. The second-order valence-corrected chi connectivity index (χ2v) is 6.34. The molecule has 0 radical (unpaired) electrons. The molecule has 0 aliphatic carbocycles. The Balaban J connectivity index is 2.06. The van der Waals surface area contributed by atoms with Gasteiger partial charge in [0.25, 0.3) is 0 Å². The molecule has 0 saturated carbocycles. The number of carbonyl (C=O) groups excluding carboxylic acids is 1. The molecule has 0 heterocycles. The molecule has 1 N–H and O–H groups in total. The second-order valence-electron chi connectivity index (χ2n) is 6.34. The number of nitrogens with one attached hydrogen (secondary N) is 1. The molecule has 112 valence electrons. The number of carbonyl (C=O) groups is 1. The van der Waals surface area contributed by atoms with Crippen LogP contribution in [-0.4, -0.2) is 5.91 Å². The van der Waals surface area contributed by atoms with E-state index in [0.29, 0.717) is 18.4 Å². The van der Waals surface area contributed by atoms with Gasteiger partial charge in [0.1, 0.15) is 0 Å². The molecule has 2 nitrogen and oxygen atoms in total. The van der Waals surface area contributed by atoms with Crippen LogP contribution in [0.25, 0.3) is 0 Å². The molecule has 0 aliphatic rings. The maximum absolute atomic E-state index is 11.7. The summed E-state index contributed by atoms with van der Waals surface area (Å²) in [6.07, 6.45) is 6.52. The van der Waals surface area contributed by atoms with Crippen molar-refractivity contribution in [2.75, 3.05) is 0 Å². The molecular formula is C18H29NO. The quantitative estimate of drug-likeness (QED) is 0.651. The topological polar surface area (TPSA) is 29.1 Å². The lowest BCUT2D eigenvalue weighted by Crippen LogP contribution is -2.22. The first-order chi connectivity index (χ1) is 9.53. The zero-order valence-electron chi connectivity index (χ0n) is 13.2. The van der Waals surface area contributed by atoms with Crippen LogP contribution in [0.4, 0.5) is 0 Å². The fraction of sp³-hybridized carbons (Fsp3) is 0.611. The summed E-state index contributed by atoms with van der Waals surface area (Å²) in [5.41, 5.74) is 1.61. The van der Waals surface area contributed by atoms with Gasteiger partial charge in [0.05, 0.1) is 0 Å². The van der Waals surface area contributed by atoms with Crippen molar-refractivity contribution < 1.29 is 4.79 Å². The van der Waals surface area contributed by atoms with Crippen molar-refractivity contribution in [3.05, 3.63) is 35.9 Å². The van der Waals surface area contributed by atoms with Gasteiger partial charge >= 0.3 is 0 Å². The zero-order valence-corrected chi connectivity index (χ0v) is 13.2. The first-order valence-electron chi connectivity index (χ1n) is 7.84. The van der Waals surface area contributed by atoms with Crippen LogP contribution < -0.4 is 5.32 Å². The third-order valence-electron chi connectivity index (χ3n) is 4.05. The summed E-state index contributed by atoms with van der Waals surface area (Å²) in [7, 11) is 0. The normalized spacial score (nSPS) is 11.3. The van der Waals surface area contributed by atoms with Crippen molar-refractivity contribution in [2.24, 2.45) is 5.41 Å². The van der Waals surface area contributed by atoms with Crippen molar-refractivity contribution in [3.8, 4) is 0 Å². The van der Waals surface area contributed by atoms with Gasteiger partial charge in [0, 0.05) is 13.0 Å². The number of hydrogen-bond donors (Lipinski definition) is 1. The van der Waals surface area contributed by atoms with Crippen molar-refractivity contribution >= 4 is 5.91 Å². The minimum atomic E-state index is 0.170. The number of hydrogen-bond acceptors (Lipinski definition) is 1. The van der Waals surface area contributed by atoms with Gasteiger partial charge in [-0.15, -0.1) is 0 Å². The standard InChI is InChI=1S/C18H29NO/c1-4-18(2,3)14-10-6-9-13-17(20)19-15-16-11-7-5-8-12-16/h5,7-8,11-12H,4,6,9-10,13-15H2,1-3H3,(H,19,20). The number of benzene rings is 1. The fourth-order valence-corrected chi connectivity index (χ4v) is 2.13. The van der Waals surface area contributed by atoms with Crippen LogP contribution in [0.1, 0.15) is 64.9 Å². The molecule has 0 aliphatic heterocycles. The molecule has 1 rings (SSSR count). The van der Waals surface area contributed by atoms with Gasteiger partial charge in [-0.3, -0.25) is 4.79 Å². The maximum atomic E-state index is 11.7. The van der Waals surface area contributed by atoms with E-state index in [1.165, 1.54) is 19.3 Å². The molecule has 2 heteroatoms. The molecule has 0 bridgehead atoms. The predicted molar refractivity (Wildman–Crippen MR) is 85.4 cm³/mol. The third-order valence-corrected chi connectivity index (χ3v) is 4.05. The maximum Gasteiger partial charge on any atom is 0.220 e. The molecule has 1 aromatic rings. The van der Waals surface area contributed by atoms with Gasteiger partial charge in [-0.1, -0.05) is 70.4 Å². The number of amides is 1. The number of rotatable bonds is 9. The summed E-state index contributed by atoms with van der Waals surface area (Å²) in [5, 5.41) is 2.98.